The number of nitrogens with zero attached hydrogens (tertiary/aromatic N) is 3. The molecule has 0 amide bonds. The summed E-state index contributed by atoms with van der Waals surface area (Å²) < 4.78 is 6.38. The van der Waals surface area contributed by atoms with Gasteiger partial charge in [0.15, 0.2) is 16.8 Å². The predicted molar refractivity (Wildman–Crippen MR) is 95.4 cm³/mol. The third kappa shape index (κ3) is 2.86. The number of hydrogen-bond donors (Lipinski definition) is 3. The van der Waals surface area contributed by atoms with Crippen molar-refractivity contribution in [3.63, 3.8) is 0 Å². The van der Waals surface area contributed by atoms with Gasteiger partial charge in [0.2, 0.25) is 0 Å². The van der Waals surface area contributed by atoms with Gasteiger partial charge in [-0.3, -0.25) is 0 Å². The van der Waals surface area contributed by atoms with Gasteiger partial charge in [0.1, 0.15) is 17.8 Å². The van der Waals surface area contributed by atoms with E-state index in [-0.39, 0.29) is 0 Å². The Morgan fingerprint density at radius 3 is 2.79 bits per heavy atom. The Hall–Kier alpha value is -3.13. The molecule has 0 spiro atoms. The van der Waals surface area contributed by atoms with Crippen LogP contribution in [0.3, 0.4) is 0 Å². The number of rotatable bonds is 5. The highest BCUT2D eigenvalue weighted by atomic mass is 32.1. The van der Waals surface area contributed by atoms with Gasteiger partial charge in [-0.25, -0.2) is 15.0 Å². The molecule has 120 valence electrons. The van der Waals surface area contributed by atoms with Gasteiger partial charge in [-0.15, -0.1) is 0 Å². The lowest BCUT2D eigenvalue weighted by molar-refractivity contribution is 0.518. The van der Waals surface area contributed by atoms with Gasteiger partial charge in [0, 0.05) is 0 Å². The minimum atomic E-state index is 0.434. The molecule has 4 rings (SSSR count). The Balaban J connectivity index is 1.55. The lowest BCUT2D eigenvalue weighted by Gasteiger charge is -2.10. The van der Waals surface area contributed by atoms with Crippen molar-refractivity contribution in [3.8, 4) is 0 Å². The number of nitrogen functional groups attached to an aromatic ring is 1. The summed E-state index contributed by atoms with van der Waals surface area (Å²) in [6.07, 6.45) is 3.08. The summed E-state index contributed by atoms with van der Waals surface area (Å²) in [6.45, 7) is 0.495. The van der Waals surface area contributed by atoms with Crippen molar-refractivity contribution in [2.24, 2.45) is 0 Å². The summed E-state index contributed by atoms with van der Waals surface area (Å²) in [5, 5.41) is 7.04. The fraction of sp³-hybridized carbons (Fsp3) is 0.0625. The first-order valence-corrected chi connectivity index (χ1v) is 8.10. The predicted octanol–water partition coefficient (Wildman–Crippen LogP) is 3.62. The highest BCUT2D eigenvalue weighted by Gasteiger charge is 2.11. The summed E-state index contributed by atoms with van der Waals surface area (Å²) in [4.78, 5) is 12.9. The van der Waals surface area contributed by atoms with Crippen molar-refractivity contribution < 1.29 is 4.42 Å². The van der Waals surface area contributed by atoms with Gasteiger partial charge in [0.05, 0.1) is 23.0 Å². The van der Waals surface area contributed by atoms with E-state index in [2.05, 4.69) is 25.6 Å². The number of nitrogens with one attached hydrogen (secondary N) is 2. The van der Waals surface area contributed by atoms with Crippen LogP contribution in [0.5, 0.6) is 0 Å². The van der Waals surface area contributed by atoms with Crippen molar-refractivity contribution in [1.82, 2.24) is 15.0 Å². The minimum Gasteiger partial charge on any atom is -0.467 e. The SMILES string of the molecule is Nc1c(NCc2ccco2)ncnc1Nc1nc2ccccc2s1. The van der Waals surface area contributed by atoms with Gasteiger partial charge < -0.3 is 20.8 Å². The molecule has 3 aromatic heterocycles. The quantitative estimate of drug-likeness (QED) is 0.511. The zero-order chi connectivity index (χ0) is 16.4. The topological polar surface area (TPSA) is 102 Å². The first-order chi connectivity index (χ1) is 11.8. The van der Waals surface area contributed by atoms with E-state index in [1.165, 1.54) is 6.33 Å². The number of furan rings is 1. The van der Waals surface area contributed by atoms with Gasteiger partial charge in [-0.05, 0) is 24.3 Å². The fourth-order valence-corrected chi connectivity index (χ4v) is 3.11. The number of hydrogen-bond acceptors (Lipinski definition) is 8. The fourth-order valence-electron chi connectivity index (χ4n) is 2.25. The van der Waals surface area contributed by atoms with Crippen LogP contribution in [0, 0.1) is 0 Å². The highest BCUT2D eigenvalue weighted by Crippen LogP contribution is 2.31. The smallest absolute Gasteiger partial charge is 0.189 e. The monoisotopic (exact) mass is 338 g/mol. The van der Waals surface area contributed by atoms with Crippen molar-refractivity contribution in [2.45, 2.75) is 6.54 Å². The Kier molecular flexibility index (Phi) is 3.72. The van der Waals surface area contributed by atoms with E-state index < -0.39 is 0 Å². The normalized spacial score (nSPS) is 10.8. The first kappa shape index (κ1) is 14.5. The van der Waals surface area contributed by atoms with E-state index in [9.17, 15) is 0 Å². The molecular formula is C16H14N6OS. The Morgan fingerprint density at radius 1 is 1.08 bits per heavy atom. The Bertz CT molecular complexity index is 933. The van der Waals surface area contributed by atoms with Crippen LogP contribution in [0.2, 0.25) is 0 Å². The standard InChI is InChI=1S/C16H14N6OS/c17-13-14(18-8-10-4-3-7-23-10)19-9-20-15(13)22-16-21-11-5-1-2-6-12(11)24-16/h1-7,9H,8,17H2,(H2,18,19,20,21,22). The summed E-state index contributed by atoms with van der Waals surface area (Å²) in [6, 6.07) is 11.7. The molecule has 24 heavy (non-hydrogen) atoms. The number of aromatic nitrogens is 3. The molecule has 0 aliphatic rings. The van der Waals surface area contributed by atoms with Crippen molar-refractivity contribution in [2.75, 3.05) is 16.4 Å². The molecule has 0 fully saturated rings. The molecule has 4 N–H and O–H groups in total. The number of benzene rings is 1. The van der Waals surface area contributed by atoms with Crippen LogP contribution in [0.25, 0.3) is 10.2 Å². The van der Waals surface area contributed by atoms with E-state index >= 15 is 0 Å². The molecule has 1 aromatic carbocycles. The maximum Gasteiger partial charge on any atom is 0.189 e. The van der Waals surface area contributed by atoms with Crippen LogP contribution in [0.4, 0.5) is 22.5 Å². The van der Waals surface area contributed by atoms with Gasteiger partial charge >= 0.3 is 0 Å². The number of fused-ring (bicyclic) bond motifs is 1. The molecule has 0 aliphatic carbocycles. The van der Waals surface area contributed by atoms with Gasteiger partial charge in [0.25, 0.3) is 0 Å². The van der Waals surface area contributed by atoms with Crippen LogP contribution in [-0.4, -0.2) is 15.0 Å². The summed E-state index contributed by atoms with van der Waals surface area (Å²) in [7, 11) is 0. The minimum absolute atomic E-state index is 0.434. The van der Waals surface area contributed by atoms with Crippen LogP contribution < -0.4 is 16.4 Å². The maximum atomic E-state index is 6.16. The third-order valence-electron chi connectivity index (χ3n) is 3.41. The number of nitrogens with two attached hydrogens (primary N) is 1. The molecule has 0 radical (unpaired) electrons. The molecule has 7 nitrogen and oxygen atoms in total. The van der Waals surface area contributed by atoms with Crippen LogP contribution in [0.15, 0.2) is 53.4 Å². The third-order valence-corrected chi connectivity index (χ3v) is 4.37. The van der Waals surface area contributed by atoms with Crippen LogP contribution in [-0.2, 0) is 6.54 Å². The lowest BCUT2D eigenvalue weighted by atomic mass is 10.3. The Labute approximate surface area is 141 Å². The van der Waals surface area contributed by atoms with E-state index in [4.69, 9.17) is 10.2 Å². The molecule has 0 saturated carbocycles. The summed E-state index contributed by atoms with van der Waals surface area (Å²) in [5.74, 6) is 1.87. The van der Waals surface area contributed by atoms with Crippen molar-refractivity contribution >= 4 is 44.0 Å². The number of anilines is 4. The molecule has 0 unspecified atom stereocenters. The molecule has 4 aromatic rings. The number of para-hydroxylation sites is 1. The largest absolute Gasteiger partial charge is 0.467 e. The zero-order valence-electron chi connectivity index (χ0n) is 12.6. The van der Waals surface area contributed by atoms with Gasteiger partial charge in [-0.1, -0.05) is 23.5 Å². The second-order valence-electron chi connectivity index (χ2n) is 5.03. The average Bonchev–Trinajstić information content (AvgIpc) is 3.24. The second kappa shape index (κ2) is 6.17. The maximum absolute atomic E-state index is 6.16. The van der Waals surface area contributed by atoms with E-state index in [1.54, 1.807) is 17.6 Å². The average molecular weight is 338 g/mol. The van der Waals surface area contributed by atoms with Crippen LogP contribution >= 0.6 is 11.3 Å². The van der Waals surface area contributed by atoms with E-state index in [0.717, 1.165) is 21.1 Å². The second-order valence-corrected chi connectivity index (χ2v) is 6.06. The van der Waals surface area contributed by atoms with Crippen molar-refractivity contribution in [1.29, 1.82) is 0 Å². The molecular weight excluding hydrogens is 324 g/mol. The number of thiazole rings is 1. The van der Waals surface area contributed by atoms with E-state index in [0.29, 0.717) is 23.9 Å². The van der Waals surface area contributed by atoms with Crippen LogP contribution in [0.1, 0.15) is 5.76 Å². The van der Waals surface area contributed by atoms with Crippen molar-refractivity contribution in [3.05, 3.63) is 54.7 Å². The molecule has 0 saturated heterocycles. The lowest BCUT2D eigenvalue weighted by Crippen LogP contribution is -2.07. The van der Waals surface area contributed by atoms with E-state index in [1.807, 2.05) is 36.4 Å². The van der Waals surface area contributed by atoms with Gasteiger partial charge in [-0.2, -0.15) is 0 Å². The molecule has 3 heterocycles. The molecule has 0 bridgehead atoms. The summed E-state index contributed by atoms with van der Waals surface area (Å²) >= 11 is 1.54. The Morgan fingerprint density at radius 2 is 1.96 bits per heavy atom. The summed E-state index contributed by atoms with van der Waals surface area (Å²) in [5.41, 5.74) is 7.53. The molecule has 8 heteroatoms. The molecule has 0 atom stereocenters. The molecule has 0 aliphatic heterocycles. The zero-order valence-corrected chi connectivity index (χ0v) is 13.4. The first-order valence-electron chi connectivity index (χ1n) is 7.29. The highest BCUT2D eigenvalue weighted by molar-refractivity contribution is 7.22.